The van der Waals surface area contributed by atoms with Gasteiger partial charge in [-0.3, -0.25) is 9.78 Å². The van der Waals surface area contributed by atoms with Gasteiger partial charge in [0.25, 0.3) is 5.91 Å². The Morgan fingerprint density at radius 3 is 2.57 bits per heavy atom. The number of carbonyl (C=O) groups is 2. The van der Waals surface area contributed by atoms with Crippen LogP contribution >= 0.6 is 11.6 Å². The minimum atomic E-state index is -0.895. The second kappa shape index (κ2) is 6.85. The van der Waals surface area contributed by atoms with Gasteiger partial charge in [0.05, 0.1) is 17.7 Å². The molecule has 0 bridgehead atoms. The molecule has 0 spiro atoms. The first-order valence-electron chi connectivity index (χ1n) is 6.16. The van der Waals surface area contributed by atoms with Crippen molar-refractivity contribution in [1.82, 2.24) is 10.3 Å². The highest BCUT2D eigenvalue weighted by atomic mass is 35.5. The van der Waals surface area contributed by atoms with E-state index in [-0.39, 0.29) is 10.6 Å². The Morgan fingerprint density at radius 1 is 1.24 bits per heavy atom. The molecule has 1 N–H and O–H groups in total. The van der Waals surface area contributed by atoms with Crippen LogP contribution in [0.15, 0.2) is 48.8 Å². The summed E-state index contributed by atoms with van der Waals surface area (Å²) < 4.78 is 4.73. The Morgan fingerprint density at radius 2 is 1.95 bits per heavy atom. The van der Waals surface area contributed by atoms with Crippen molar-refractivity contribution in [3.05, 3.63) is 64.9 Å². The highest BCUT2D eigenvalue weighted by Gasteiger charge is 2.24. The highest BCUT2D eigenvalue weighted by Crippen LogP contribution is 2.18. The number of halogens is 1. The van der Waals surface area contributed by atoms with Crippen molar-refractivity contribution in [2.45, 2.75) is 6.04 Å². The van der Waals surface area contributed by atoms with Crippen LogP contribution in [0.1, 0.15) is 22.0 Å². The van der Waals surface area contributed by atoms with Gasteiger partial charge in [0.15, 0.2) is 6.04 Å². The number of carbonyl (C=O) groups excluding carboxylic acids is 2. The molecule has 1 aromatic heterocycles. The average molecular weight is 305 g/mol. The van der Waals surface area contributed by atoms with Gasteiger partial charge in [-0.2, -0.15) is 0 Å². The molecular weight excluding hydrogens is 292 g/mol. The van der Waals surface area contributed by atoms with Crippen molar-refractivity contribution in [2.24, 2.45) is 0 Å². The summed E-state index contributed by atoms with van der Waals surface area (Å²) in [5.41, 5.74) is 0.874. The molecule has 0 saturated carbocycles. The molecule has 0 aliphatic rings. The molecule has 0 aliphatic heterocycles. The highest BCUT2D eigenvalue weighted by molar-refractivity contribution is 6.33. The van der Waals surface area contributed by atoms with Gasteiger partial charge in [-0.1, -0.05) is 41.9 Å². The quantitative estimate of drug-likeness (QED) is 0.881. The van der Waals surface area contributed by atoms with Crippen LogP contribution in [-0.4, -0.2) is 24.0 Å². The average Bonchev–Trinajstić information content (AvgIpc) is 2.53. The minimum Gasteiger partial charge on any atom is -0.467 e. The van der Waals surface area contributed by atoms with Crippen molar-refractivity contribution in [3.63, 3.8) is 0 Å². The molecule has 0 radical (unpaired) electrons. The standard InChI is InChI=1S/C15H13ClN2O3/c1-21-15(20)13(10-5-3-2-4-6-10)18-14(19)11-7-8-17-9-12(11)16/h2-9,13H,1H3,(H,18,19). The van der Waals surface area contributed by atoms with E-state index in [1.165, 1.54) is 25.6 Å². The van der Waals surface area contributed by atoms with Crippen LogP contribution in [0.4, 0.5) is 0 Å². The summed E-state index contributed by atoms with van der Waals surface area (Å²) in [4.78, 5) is 27.9. The van der Waals surface area contributed by atoms with Gasteiger partial charge in [-0.05, 0) is 11.6 Å². The van der Waals surface area contributed by atoms with Gasteiger partial charge in [0.2, 0.25) is 0 Å². The molecule has 108 valence electrons. The van der Waals surface area contributed by atoms with Crippen molar-refractivity contribution in [2.75, 3.05) is 7.11 Å². The molecule has 1 unspecified atom stereocenters. The first-order valence-corrected chi connectivity index (χ1v) is 6.54. The van der Waals surface area contributed by atoms with E-state index >= 15 is 0 Å². The van der Waals surface area contributed by atoms with Gasteiger partial charge in [0, 0.05) is 12.4 Å². The first kappa shape index (κ1) is 15.0. The molecule has 0 fully saturated rings. The Bertz CT molecular complexity index is 646. The fraction of sp³-hybridized carbons (Fsp3) is 0.133. The SMILES string of the molecule is COC(=O)C(NC(=O)c1ccncc1Cl)c1ccccc1. The normalized spacial score (nSPS) is 11.5. The largest absolute Gasteiger partial charge is 0.467 e. The molecule has 1 amide bonds. The van der Waals surface area contributed by atoms with Gasteiger partial charge in [0.1, 0.15) is 0 Å². The molecule has 5 nitrogen and oxygen atoms in total. The number of hydrogen-bond acceptors (Lipinski definition) is 4. The molecule has 1 heterocycles. The lowest BCUT2D eigenvalue weighted by atomic mass is 10.1. The van der Waals surface area contributed by atoms with Crippen LogP contribution in [0.2, 0.25) is 5.02 Å². The molecule has 2 rings (SSSR count). The number of aromatic nitrogens is 1. The smallest absolute Gasteiger partial charge is 0.333 e. The van der Waals surface area contributed by atoms with Gasteiger partial charge < -0.3 is 10.1 Å². The zero-order valence-electron chi connectivity index (χ0n) is 11.2. The Balaban J connectivity index is 2.26. The summed E-state index contributed by atoms with van der Waals surface area (Å²) in [5.74, 6) is -1.03. The second-order valence-corrected chi connectivity index (χ2v) is 4.60. The Hall–Kier alpha value is -2.40. The lowest BCUT2D eigenvalue weighted by Gasteiger charge is -2.17. The number of benzene rings is 1. The summed E-state index contributed by atoms with van der Waals surface area (Å²) in [6.07, 6.45) is 2.82. The molecule has 6 heteroatoms. The van der Waals surface area contributed by atoms with Crippen molar-refractivity contribution >= 4 is 23.5 Å². The number of nitrogens with one attached hydrogen (secondary N) is 1. The predicted octanol–water partition coefficient (Wildman–Crippen LogP) is 2.38. The topological polar surface area (TPSA) is 68.3 Å². The third kappa shape index (κ3) is 3.58. The van der Waals surface area contributed by atoms with E-state index in [1.807, 2.05) is 6.07 Å². The van der Waals surface area contributed by atoms with E-state index in [1.54, 1.807) is 24.3 Å². The third-order valence-corrected chi connectivity index (χ3v) is 3.16. The van der Waals surface area contributed by atoms with Crippen molar-refractivity contribution < 1.29 is 14.3 Å². The zero-order valence-corrected chi connectivity index (χ0v) is 12.0. The summed E-state index contributed by atoms with van der Waals surface area (Å²) in [5, 5.41) is 2.83. The van der Waals surface area contributed by atoms with E-state index in [9.17, 15) is 9.59 Å². The molecule has 0 aliphatic carbocycles. The molecule has 1 atom stereocenters. The first-order chi connectivity index (χ1) is 10.1. The van der Waals surface area contributed by atoms with Gasteiger partial charge in [-0.25, -0.2) is 4.79 Å². The summed E-state index contributed by atoms with van der Waals surface area (Å²) in [6, 6.07) is 9.42. The number of ether oxygens (including phenoxy) is 1. The number of rotatable bonds is 4. The number of methoxy groups -OCH3 is 1. The van der Waals surface area contributed by atoms with Crippen LogP contribution in [0.5, 0.6) is 0 Å². The minimum absolute atomic E-state index is 0.215. The number of hydrogen-bond donors (Lipinski definition) is 1. The van der Waals surface area contributed by atoms with Gasteiger partial charge in [-0.15, -0.1) is 0 Å². The fourth-order valence-electron chi connectivity index (χ4n) is 1.81. The zero-order chi connectivity index (χ0) is 15.2. The lowest BCUT2D eigenvalue weighted by Crippen LogP contribution is -2.34. The number of esters is 1. The van der Waals surface area contributed by atoms with E-state index in [0.29, 0.717) is 5.56 Å². The van der Waals surface area contributed by atoms with E-state index in [4.69, 9.17) is 16.3 Å². The predicted molar refractivity (Wildman–Crippen MR) is 77.9 cm³/mol. The monoisotopic (exact) mass is 304 g/mol. The van der Waals surface area contributed by atoms with Gasteiger partial charge >= 0.3 is 5.97 Å². The van der Waals surface area contributed by atoms with Crippen LogP contribution in [-0.2, 0) is 9.53 Å². The molecule has 21 heavy (non-hydrogen) atoms. The molecular formula is C15H13ClN2O3. The number of pyridine rings is 1. The van der Waals surface area contributed by atoms with E-state index < -0.39 is 17.9 Å². The lowest BCUT2D eigenvalue weighted by molar-refractivity contribution is -0.143. The van der Waals surface area contributed by atoms with Crippen LogP contribution in [0.3, 0.4) is 0 Å². The summed E-state index contributed by atoms with van der Waals surface area (Å²) in [6.45, 7) is 0. The van der Waals surface area contributed by atoms with Crippen molar-refractivity contribution in [1.29, 1.82) is 0 Å². The van der Waals surface area contributed by atoms with Crippen LogP contribution in [0.25, 0.3) is 0 Å². The summed E-state index contributed by atoms with van der Waals surface area (Å²) >= 11 is 5.92. The van der Waals surface area contributed by atoms with Crippen LogP contribution in [0, 0.1) is 0 Å². The van der Waals surface area contributed by atoms with Crippen molar-refractivity contribution in [3.8, 4) is 0 Å². The summed E-state index contributed by atoms with van der Waals surface area (Å²) in [7, 11) is 1.27. The maximum absolute atomic E-state index is 12.2. The number of amides is 1. The van der Waals surface area contributed by atoms with E-state index in [0.717, 1.165) is 0 Å². The molecule has 2 aromatic rings. The second-order valence-electron chi connectivity index (χ2n) is 4.20. The van der Waals surface area contributed by atoms with Crippen LogP contribution < -0.4 is 5.32 Å². The third-order valence-electron chi connectivity index (χ3n) is 2.86. The van der Waals surface area contributed by atoms with E-state index in [2.05, 4.69) is 10.3 Å². The maximum Gasteiger partial charge on any atom is 0.333 e. The molecule has 1 aromatic carbocycles. The number of nitrogens with zero attached hydrogens (tertiary/aromatic N) is 1. The Kier molecular flexibility index (Phi) is 4.90. The Labute approximate surface area is 126 Å². The maximum atomic E-state index is 12.2. The fourth-order valence-corrected chi connectivity index (χ4v) is 2.02. The molecule has 0 saturated heterocycles.